The largest absolute Gasteiger partial charge is 0.461 e. The van der Waals surface area contributed by atoms with Gasteiger partial charge in [0.25, 0.3) is 0 Å². The zero-order valence-corrected chi connectivity index (χ0v) is 16.2. The molecule has 1 aromatic heterocycles. The van der Waals surface area contributed by atoms with Crippen LogP contribution in [-0.2, 0) is 4.74 Å². The highest BCUT2D eigenvalue weighted by atomic mass is 79.9. The van der Waals surface area contributed by atoms with Crippen molar-refractivity contribution in [2.75, 3.05) is 6.61 Å². The number of aromatic nitrogens is 2. The van der Waals surface area contributed by atoms with Crippen LogP contribution >= 0.6 is 15.9 Å². The van der Waals surface area contributed by atoms with E-state index in [1.165, 1.54) is 0 Å². The average Bonchev–Trinajstić information content (AvgIpc) is 2.92. The van der Waals surface area contributed by atoms with Crippen molar-refractivity contribution in [3.05, 3.63) is 51.0 Å². The third-order valence-electron chi connectivity index (χ3n) is 3.84. The number of aryl methyl sites for hydroxylation is 1. The number of rotatable bonds is 5. The first kappa shape index (κ1) is 19.2. The Balaban J connectivity index is 2.63. The van der Waals surface area contributed by atoms with Crippen molar-refractivity contribution in [1.29, 1.82) is 5.26 Å². The number of nitrogens with zero attached hydrogens (tertiary/aromatic N) is 3. The normalized spacial score (nSPS) is 12.1. The molecule has 1 aromatic carbocycles. The molecule has 0 fully saturated rings. The highest BCUT2D eigenvalue weighted by Gasteiger charge is 2.30. The lowest BCUT2D eigenvalue weighted by Gasteiger charge is -2.20. The fourth-order valence-electron chi connectivity index (χ4n) is 2.72. The lowest BCUT2D eigenvalue weighted by molar-refractivity contribution is 0.0513. The Morgan fingerprint density at radius 2 is 2.16 bits per heavy atom. The Kier molecular flexibility index (Phi) is 5.98. The van der Waals surface area contributed by atoms with Crippen LogP contribution in [0.3, 0.4) is 0 Å². The maximum absolute atomic E-state index is 12.3. The van der Waals surface area contributed by atoms with Crippen LogP contribution in [0, 0.1) is 18.3 Å². The van der Waals surface area contributed by atoms with Crippen molar-refractivity contribution in [3.8, 4) is 6.07 Å². The monoisotopic (exact) mass is 405 g/mol. The zero-order chi connectivity index (χ0) is 18.7. The van der Waals surface area contributed by atoms with E-state index in [1.54, 1.807) is 29.7 Å². The molecule has 132 valence electrons. The molecule has 0 aliphatic rings. The Labute approximate surface area is 155 Å². The Bertz CT molecular complexity index is 837. The minimum Gasteiger partial charge on any atom is -0.461 e. The number of aliphatic hydroxyl groups excluding tert-OH is 1. The number of carbonyl (C=O) groups is 1. The van der Waals surface area contributed by atoms with Crippen LogP contribution in [0.5, 0.6) is 0 Å². The second-order valence-corrected chi connectivity index (χ2v) is 6.59. The van der Waals surface area contributed by atoms with Crippen molar-refractivity contribution >= 4 is 21.9 Å². The lowest BCUT2D eigenvalue weighted by Crippen LogP contribution is -2.17. The summed E-state index contributed by atoms with van der Waals surface area (Å²) in [6, 6.07) is 7.07. The number of carbonyl (C=O) groups excluding carboxylic acids is 1. The first-order valence-corrected chi connectivity index (χ1v) is 8.74. The fourth-order valence-corrected chi connectivity index (χ4v) is 3.50. The summed E-state index contributed by atoms with van der Waals surface area (Å²) in [5.74, 6) is -0.581. The second kappa shape index (κ2) is 7.81. The quantitative estimate of drug-likeness (QED) is 0.766. The number of hydrogen-bond acceptors (Lipinski definition) is 5. The molecule has 0 radical (unpaired) electrons. The third-order valence-corrected chi connectivity index (χ3v) is 4.40. The van der Waals surface area contributed by atoms with Crippen molar-refractivity contribution in [2.24, 2.45) is 0 Å². The molecular weight excluding hydrogens is 386 g/mol. The standard InChI is InChI=1S/C18H20BrN3O3/c1-5-25-17(24)14-15(22(10(2)3)18(19)21-14)16(23)13-7-6-12(9-20)8-11(13)4/h6-8,10,16,23H,5H2,1-4H3. The SMILES string of the molecule is CCOC(=O)c1nc(Br)n(C(C)C)c1C(O)c1ccc(C#N)cc1C. The number of benzene rings is 1. The van der Waals surface area contributed by atoms with Crippen molar-refractivity contribution in [1.82, 2.24) is 9.55 Å². The predicted molar refractivity (Wildman–Crippen MR) is 96.2 cm³/mol. The smallest absolute Gasteiger partial charge is 0.358 e. The topological polar surface area (TPSA) is 88.1 Å². The van der Waals surface area contributed by atoms with Gasteiger partial charge in [-0.2, -0.15) is 5.26 Å². The summed E-state index contributed by atoms with van der Waals surface area (Å²) >= 11 is 3.36. The van der Waals surface area contributed by atoms with Crippen LogP contribution in [0.4, 0.5) is 0 Å². The zero-order valence-electron chi connectivity index (χ0n) is 14.6. The summed E-state index contributed by atoms with van der Waals surface area (Å²) in [6.45, 7) is 7.62. The highest BCUT2D eigenvalue weighted by Crippen LogP contribution is 2.33. The summed E-state index contributed by atoms with van der Waals surface area (Å²) < 4.78 is 7.29. The molecule has 7 heteroatoms. The number of esters is 1. The van der Waals surface area contributed by atoms with E-state index in [2.05, 4.69) is 27.0 Å². The first-order chi connectivity index (χ1) is 11.8. The van der Waals surface area contributed by atoms with E-state index in [-0.39, 0.29) is 18.3 Å². The molecule has 0 saturated carbocycles. The van der Waals surface area contributed by atoms with Gasteiger partial charge < -0.3 is 14.4 Å². The van der Waals surface area contributed by atoms with E-state index in [0.717, 1.165) is 5.56 Å². The predicted octanol–water partition coefficient (Wildman–Crippen LogP) is 3.67. The Morgan fingerprint density at radius 1 is 1.48 bits per heavy atom. The average molecular weight is 406 g/mol. The number of nitriles is 1. The fraction of sp³-hybridized carbons (Fsp3) is 0.389. The van der Waals surface area contributed by atoms with E-state index >= 15 is 0 Å². The van der Waals surface area contributed by atoms with E-state index in [9.17, 15) is 9.90 Å². The van der Waals surface area contributed by atoms with E-state index in [4.69, 9.17) is 10.00 Å². The van der Waals surface area contributed by atoms with Gasteiger partial charge in [-0.05, 0) is 66.9 Å². The van der Waals surface area contributed by atoms with Crippen LogP contribution in [0.1, 0.15) is 65.8 Å². The minimum atomic E-state index is -1.08. The maximum atomic E-state index is 12.3. The first-order valence-electron chi connectivity index (χ1n) is 7.95. The molecule has 1 heterocycles. The van der Waals surface area contributed by atoms with Gasteiger partial charge in [0.15, 0.2) is 10.4 Å². The molecule has 6 nitrogen and oxygen atoms in total. The third kappa shape index (κ3) is 3.75. The summed E-state index contributed by atoms with van der Waals surface area (Å²) in [7, 11) is 0. The molecule has 25 heavy (non-hydrogen) atoms. The van der Waals surface area contributed by atoms with Crippen LogP contribution in [0.15, 0.2) is 22.9 Å². The van der Waals surface area contributed by atoms with Crippen LogP contribution in [0.2, 0.25) is 0 Å². The molecule has 2 aromatic rings. The minimum absolute atomic E-state index is 0.0339. The number of imidazole rings is 1. The molecule has 1 atom stereocenters. The van der Waals surface area contributed by atoms with Crippen molar-refractivity contribution in [2.45, 2.75) is 39.8 Å². The van der Waals surface area contributed by atoms with Crippen molar-refractivity contribution in [3.63, 3.8) is 0 Å². The van der Waals surface area contributed by atoms with E-state index in [1.807, 2.05) is 20.8 Å². The van der Waals surface area contributed by atoms with Gasteiger partial charge >= 0.3 is 5.97 Å². The molecule has 2 rings (SSSR count). The second-order valence-electron chi connectivity index (χ2n) is 5.88. The molecule has 0 saturated heterocycles. The molecule has 0 bridgehead atoms. The molecule has 0 aliphatic heterocycles. The molecule has 0 spiro atoms. The summed E-state index contributed by atoms with van der Waals surface area (Å²) in [5, 5.41) is 20.0. The molecule has 1 N–H and O–H groups in total. The number of ether oxygens (including phenoxy) is 1. The van der Waals surface area contributed by atoms with Crippen LogP contribution in [0.25, 0.3) is 0 Å². The van der Waals surface area contributed by atoms with Gasteiger partial charge in [-0.3, -0.25) is 0 Å². The van der Waals surface area contributed by atoms with Gasteiger partial charge in [-0.1, -0.05) is 6.07 Å². The van der Waals surface area contributed by atoms with Gasteiger partial charge in [0.05, 0.1) is 23.9 Å². The van der Waals surface area contributed by atoms with Gasteiger partial charge in [-0.25, -0.2) is 9.78 Å². The molecule has 1 unspecified atom stereocenters. The van der Waals surface area contributed by atoms with Gasteiger partial charge in [-0.15, -0.1) is 0 Å². The highest BCUT2D eigenvalue weighted by molar-refractivity contribution is 9.10. The number of aliphatic hydroxyl groups is 1. The maximum Gasteiger partial charge on any atom is 0.358 e. The van der Waals surface area contributed by atoms with Crippen LogP contribution in [-0.4, -0.2) is 27.2 Å². The number of hydrogen-bond donors (Lipinski definition) is 1. The summed E-state index contributed by atoms with van der Waals surface area (Å²) in [6.07, 6.45) is -1.08. The number of halogens is 1. The van der Waals surface area contributed by atoms with Gasteiger partial charge in [0, 0.05) is 6.04 Å². The van der Waals surface area contributed by atoms with Crippen molar-refractivity contribution < 1.29 is 14.6 Å². The van der Waals surface area contributed by atoms with Crippen LogP contribution < -0.4 is 0 Å². The summed E-state index contributed by atoms with van der Waals surface area (Å²) in [5.41, 5.74) is 2.33. The molecule has 0 amide bonds. The van der Waals surface area contributed by atoms with E-state index < -0.39 is 12.1 Å². The van der Waals surface area contributed by atoms with Gasteiger partial charge in [0.1, 0.15) is 6.10 Å². The van der Waals surface area contributed by atoms with Gasteiger partial charge in [0.2, 0.25) is 0 Å². The lowest BCUT2D eigenvalue weighted by atomic mass is 9.97. The summed E-state index contributed by atoms with van der Waals surface area (Å²) in [4.78, 5) is 16.6. The molecular formula is C18H20BrN3O3. The Hall–Kier alpha value is -2.17. The van der Waals surface area contributed by atoms with E-state index in [0.29, 0.717) is 21.6 Å². The Morgan fingerprint density at radius 3 is 2.68 bits per heavy atom. The molecule has 0 aliphatic carbocycles.